The van der Waals surface area contributed by atoms with Gasteiger partial charge >= 0.3 is 0 Å². The second-order valence-corrected chi connectivity index (χ2v) is 6.16. The van der Waals surface area contributed by atoms with Gasteiger partial charge in [-0.15, -0.1) is 0 Å². The fraction of sp³-hybridized carbons (Fsp3) is 0.529. The second kappa shape index (κ2) is 4.68. The van der Waals surface area contributed by atoms with E-state index in [1.807, 2.05) is 12.1 Å². The third-order valence-electron chi connectivity index (χ3n) is 4.98. The first kappa shape index (κ1) is 12.7. The van der Waals surface area contributed by atoms with E-state index in [0.29, 0.717) is 29.4 Å². The number of allylic oxidation sites excluding steroid dienone is 1. The molecule has 1 heterocycles. The number of phenolic OH excluding ortho intramolecular Hbond substituents is 1. The molecule has 5 atom stereocenters. The van der Waals surface area contributed by atoms with E-state index in [4.69, 9.17) is 4.74 Å². The van der Waals surface area contributed by atoms with Crippen molar-refractivity contribution >= 4 is 0 Å². The molecule has 2 aliphatic rings. The molecule has 2 heteroatoms. The molecular weight excluding hydrogens is 236 g/mol. The molecule has 0 saturated carbocycles. The van der Waals surface area contributed by atoms with Gasteiger partial charge in [-0.25, -0.2) is 0 Å². The monoisotopic (exact) mass is 258 g/mol. The number of rotatable bonds is 1. The smallest absolute Gasteiger partial charge is 0.115 e. The number of benzene rings is 1. The Balaban J connectivity index is 1.96. The highest BCUT2D eigenvalue weighted by atomic mass is 16.5. The van der Waals surface area contributed by atoms with Crippen molar-refractivity contribution < 1.29 is 9.84 Å². The van der Waals surface area contributed by atoms with Gasteiger partial charge in [-0.05, 0) is 42.4 Å². The van der Waals surface area contributed by atoms with Gasteiger partial charge in [-0.1, -0.05) is 37.6 Å². The zero-order chi connectivity index (χ0) is 13.6. The summed E-state index contributed by atoms with van der Waals surface area (Å²) < 4.78 is 6.16. The van der Waals surface area contributed by atoms with E-state index >= 15 is 0 Å². The number of fused-ring (bicyclic) bond motifs is 2. The minimum atomic E-state index is 0.135. The Morgan fingerprint density at radius 1 is 1.16 bits per heavy atom. The third-order valence-corrected chi connectivity index (χ3v) is 4.98. The van der Waals surface area contributed by atoms with Gasteiger partial charge in [0.15, 0.2) is 0 Å². The van der Waals surface area contributed by atoms with Crippen LogP contribution in [-0.2, 0) is 4.74 Å². The van der Waals surface area contributed by atoms with E-state index in [0.717, 1.165) is 6.61 Å². The number of ether oxygens (including phenoxy) is 1. The lowest BCUT2D eigenvalue weighted by Gasteiger charge is -2.47. The van der Waals surface area contributed by atoms with Crippen molar-refractivity contribution in [2.24, 2.45) is 23.7 Å². The summed E-state index contributed by atoms with van der Waals surface area (Å²) in [6, 6.07) is 7.47. The fourth-order valence-electron chi connectivity index (χ4n) is 3.91. The molecule has 0 radical (unpaired) electrons. The Hall–Kier alpha value is -1.28. The molecule has 102 valence electrons. The minimum absolute atomic E-state index is 0.135. The summed E-state index contributed by atoms with van der Waals surface area (Å²) in [6.45, 7) is 7.73. The number of hydrogen-bond acceptors (Lipinski definition) is 2. The summed E-state index contributed by atoms with van der Waals surface area (Å²) in [4.78, 5) is 0. The Morgan fingerprint density at radius 3 is 2.53 bits per heavy atom. The van der Waals surface area contributed by atoms with Gasteiger partial charge in [0.2, 0.25) is 0 Å². The Morgan fingerprint density at radius 2 is 1.84 bits per heavy atom. The summed E-state index contributed by atoms with van der Waals surface area (Å²) in [5.74, 6) is 2.70. The van der Waals surface area contributed by atoms with Crippen LogP contribution in [0.4, 0.5) is 0 Å². The van der Waals surface area contributed by atoms with Crippen LogP contribution in [0.3, 0.4) is 0 Å². The second-order valence-electron chi connectivity index (χ2n) is 6.16. The summed E-state index contributed by atoms with van der Waals surface area (Å²) in [7, 11) is 0. The Kier molecular flexibility index (Phi) is 3.14. The molecule has 1 fully saturated rings. The van der Waals surface area contributed by atoms with Crippen LogP contribution < -0.4 is 0 Å². The zero-order valence-corrected chi connectivity index (χ0v) is 11.8. The van der Waals surface area contributed by atoms with Crippen LogP contribution in [-0.4, -0.2) is 11.7 Å². The average molecular weight is 258 g/mol. The molecule has 1 aliphatic carbocycles. The molecule has 1 aliphatic heterocycles. The summed E-state index contributed by atoms with van der Waals surface area (Å²) >= 11 is 0. The van der Waals surface area contributed by atoms with Crippen LogP contribution in [0.5, 0.6) is 5.75 Å². The first-order chi connectivity index (χ1) is 9.08. The maximum Gasteiger partial charge on any atom is 0.115 e. The van der Waals surface area contributed by atoms with E-state index in [2.05, 4.69) is 26.8 Å². The predicted octanol–water partition coefficient (Wildman–Crippen LogP) is 3.93. The van der Waals surface area contributed by atoms with Crippen LogP contribution in [0.25, 0.3) is 0 Å². The Labute approximate surface area is 115 Å². The SMILES string of the molecule is CC1=C[C@@H](C)[C@@H]2CO[C@@H](c3ccc(O)cc3)[C@H]1[C@@H]2C. The lowest BCUT2D eigenvalue weighted by molar-refractivity contribution is -0.0934. The molecule has 1 aromatic carbocycles. The highest BCUT2D eigenvalue weighted by Crippen LogP contribution is 2.49. The minimum Gasteiger partial charge on any atom is -0.508 e. The van der Waals surface area contributed by atoms with Crippen LogP contribution >= 0.6 is 0 Å². The van der Waals surface area contributed by atoms with Crippen LogP contribution in [0.1, 0.15) is 32.4 Å². The van der Waals surface area contributed by atoms with Crippen molar-refractivity contribution in [1.82, 2.24) is 0 Å². The van der Waals surface area contributed by atoms with E-state index < -0.39 is 0 Å². The molecule has 2 bridgehead atoms. The molecule has 1 N–H and O–H groups in total. The summed E-state index contributed by atoms with van der Waals surface area (Å²) in [5.41, 5.74) is 2.63. The van der Waals surface area contributed by atoms with E-state index in [-0.39, 0.29) is 6.10 Å². The first-order valence-electron chi connectivity index (χ1n) is 7.16. The average Bonchev–Trinajstić information content (AvgIpc) is 2.37. The number of hydrogen-bond donors (Lipinski definition) is 1. The molecule has 3 rings (SSSR count). The van der Waals surface area contributed by atoms with Gasteiger partial charge in [-0.3, -0.25) is 0 Å². The van der Waals surface area contributed by atoms with E-state index in [1.54, 1.807) is 12.1 Å². The first-order valence-corrected chi connectivity index (χ1v) is 7.16. The van der Waals surface area contributed by atoms with Crippen LogP contribution in [0, 0.1) is 23.7 Å². The molecule has 0 amide bonds. The quantitative estimate of drug-likeness (QED) is 0.773. The highest BCUT2D eigenvalue weighted by Gasteiger charge is 2.43. The summed E-state index contributed by atoms with van der Waals surface area (Å²) in [6.07, 6.45) is 2.56. The normalized spacial score (nSPS) is 37.8. The van der Waals surface area contributed by atoms with E-state index in [1.165, 1.54) is 11.1 Å². The molecule has 1 aromatic rings. The van der Waals surface area contributed by atoms with Gasteiger partial charge in [0.25, 0.3) is 0 Å². The van der Waals surface area contributed by atoms with Gasteiger partial charge in [-0.2, -0.15) is 0 Å². The fourth-order valence-corrected chi connectivity index (χ4v) is 3.91. The van der Waals surface area contributed by atoms with Crippen molar-refractivity contribution in [3.8, 4) is 5.75 Å². The van der Waals surface area contributed by atoms with Crippen molar-refractivity contribution in [2.45, 2.75) is 26.9 Å². The molecule has 19 heavy (non-hydrogen) atoms. The summed E-state index contributed by atoms with van der Waals surface area (Å²) in [5, 5.41) is 9.42. The van der Waals surface area contributed by atoms with Gasteiger partial charge in [0.05, 0.1) is 12.7 Å². The van der Waals surface area contributed by atoms with Crippen molar-refractivity contribution in [3.05, 3.63) is 41.5 Å². The van der Waals surface area contributed by atoms with Gasteiger partial charge < -0.3 is 9.84 Å². The predicted molar refractivity (Wildman–Crippen MR) is 75.9 cm³/mol. The lowest BCUT2D eigenvalue weighted by atomic mass is 9.64. The largest absolute Gasteiger partial charge is 0.508 e. The number of aromatic hydroxyl groups is 1. The molecule has 0 spiro atoms. The highest BCUT2D eigenvalue weighted by molar-refractivity contribution is 5.30. The van der Waals surface area contributed by atoms with Crippen LogP contribution in [0.2, 0.25) is 0 Å². The molecule has 2 nitrogen and oxygen atoms in total. The van der Waals surface area contributed by atoms with Crippen molar-refractivity contribution in [1.29, 1.82) is 0 Å². The standard InChI is InChI=1S/C17H22O2/c1-10-8-11(2)16-12(3)15(10)9-19-17(16)13-4-6-14(18)7-5-13/h4-8,10,12,15-18H,9H2,1-3H3/t10-,12-,15+,16-,17+/m1/s1. The number of phenols is 1. The third kappa shape index (κ3) is 2.08. The molecular formula is C17H22O2. The maximum atomic E-state index is 9.42. The van der Waals surface area contributed by atoms with Crippen molar-refractivity contribution in [2.75, 3.05) is 6.61 Å². The van der Waals surface area contributed by atoms with Gasteiger partial charge in [0.1, 0.15) is 5.75 Å². The Bertz CT molecular complexity index is 488. The lowest BCUT2D eigenvalue weighted by Crippen LogP contribution is -2.42. The van der Waals surface area contributed by atoms with Crippen molar-refractivity contribution in [3.63, 3.8) is 0 Å². The molecule has 1 saturated heterocycles. The van der Waals surface area contributed by atoms with Crippen LogP contribution in [0.15, 0.2) is 35.9 Å². The van der Waals surface area contributed by atoms with Gasteiger partial charge in [0, 0.05) is 5.92 Å². The van der Waals surface area contributed by atoms with E-state index in [9.17, 15) is 5.11 Å². The maximum absolute atomic E-state index is 9.42. The molecule has 0 unspecified atom stereocenters. The zero-order valence-electron chi connectivity index (χ0n) is 11.8. The molecule has 0 aromatic heterocycles. The topological polar surface area (TPSA) is 29.5 Å².